The molecule has 0 spiro atoms. The zero-order chi connectivity index (χ0) is 15.1. The lowest BCUT2D eigenvalue weighted by atomic mass is 10.2. The van der Waals surface area contributed by atoms with E-state index in [4.69, 9.17) is 16.9 Å². The number of benzene rings is 1. The lowest BCUT2D eigenvalue weighted by Gasteiger charge is -2.11. The smallest absolute Gasteiger partial charge is 0.226 e. The first-order chi connectivity index (χ1) is 9.47. The number of rotatable bonds is 3. The highest BCUT2D eigenvalue weighted by Gasteiger charge is 2.11. The van der Waals surface area contributed by atoms with E-state index >= 15 is 0 Å². The second-order valence-corrected chi connectivity index (χ2v) is 5.39. The molecule has 0 radical (unpaired) electrons. The Morgan fingerprint density at radius 3 is 2.75 bits per heavy atom. The van der Waals surface area contributed by atoms with Crippen LogP contribution < -0.4 is 10.6 Å². The minimum atomic E-state index is -0.139. The van der Waals surface area contributed by atoms with Crippen LogP contribution in [0.4, 0.5) is 11.4 Å². The first kappa shape index (κ1) is 16.3. The molecule has 0 fully saturated rings. The summed E-state index contributed by atoms with van der Waals surface area (Å²) in [6.07, 6.45) is 3.60. The van der Waals surface area contributed by atoms with Gasteiger partial charge in [0.15, 0.2) is 11.4 Å². The van der Waals surface area contributed by atoms with Crippen molar-refractivity contribution >= 4 is 45.8 Å². The van der Waals surface area contributed by atoms with Crippen LogP contribution in [-0.4, -0.2) is 17.3 Å². The van der Waals surface area contributed by atoms with E-state index < -0.39 is 0 Å². The van der Waals surface area contributed by atoms with Crippen molar-refractivity contribution in [2.24, 2.45) is 10.9 Å². The van der Waals surface area contributed by atoms with E-state index in [2.05, 4.69) is 15.6 Å². The topological polar surface area (TPSA) is 77.3 Å². The van der Waals surface area contributed by atoms with Crippen molar-refractivity contribution in [3.8, 4) is 6.19 Å². The summed E-state index contributed by atoms with van der Waals surface area (Å²) in [5, 5.41) is 14.8. The van der Waals surface area contributed by atoms with Crippen LogP contribution in [0.2, 0.25) is 5.02 Å². The lowest BCUT2D eigenvalue weighted by Crippen LogP contribution is -2.18. The first-order valence-electron chi connectivity index (χ1n) is 5.86. The number of aliphatic imine (C=N–C) groups is 1. The minimum absolute atomic E-state index is 0.109. The summed E-state index contributed by atoms with van der Waals surface area (Å²) >= 11 is 7.24. The molecule has 1 rings (SSSR count). The Bertz CT molecular complexity index is 566. The predicted octanol–water partition coefficient (Wildman–Crippen LogP) is 3.36. The van der Waals surface area contributed by atoms with Gasteiger partial charge in [0.1, 0.15) is 0 Å². The van der Waals surface area contributed by atoms with Crippen LogP contribution in [0.15, 0.2) is 23.2 Å². The Morgan fingerprint density at radius 1 is 1.50 bits per heavy atom. The van der Waals surface area contributed by atoms with Gasteiger partial charge in [0.25, 0.3) is 0 Å². The Balaban J connectivity index is 3.14. The van der Waals surface area contributed by atoms with Crippen molar-refractivity contribution in [1.82, 2.24) is 5.32 Å². The Kier molecular flexibility index (Phi) is 6.36. The SMILES string of the molecule is CSC(=Nc1cc(Cl)ccc1NC(=O)C(C)C)NC#N. The third-order valence-electron chi connectivity index (χ3n) is 2.32. The number of hydrogen-bond acceptors (Lipinski definition) is 4. The highest BCUT2D eigenvalue weighted by atomic mass is 35.5. The van der Waals surface area contributed by atoms with E-state index in [1.807, 2.05) is 6.19 Å². The molecule has 0 aliphatic carbocycles. The third-order valence-corrected chi connectivity index (χ3v) is 3.14. The van der Waals surface area contributed by atoms with Gasteiger partial charge in [-0.05, 0) is 24.5 Å². The van der Waals surface area contributed by atoms with E-state index in [0.717, 1.165) is 0 Å². The molecule has 0 saturated carbocycles. The summed E-state index contributed by atoms with van der Waals surface area (Å²) < 4.78 is 0. The molecule has 0 bridgehead atoms. The van der Waals surface area contributed by atoms with Crippen molar-refractivity contribution in [1.29, 1.82) is 5.26 Å². The molecule has 5 nitrogen and oxygen atoms in total. The molecule has 7 heteroatoms. The maximum Gasteiger partial charge on any atom is 0.226 e. The molecule has 106 valence electrons. The van der Waals surface area contributed by atoms with Crippen molar-refractivity contribution in [2.45, 2.75) is 13.8 Å². The molecule has 0 aromatic heterocycles. The normalized spacial score (nSPS) is 11.1. The maximum absolute atomic E-state index is 11.8. The van der Waals surface area contributed by atoms with Gasteiger partial charge in [0.2, 0.25) is 5.91 Å². The van der Waals surface area contributed by atoms with Crippen LogP contribution in [0.25, 0.3) is 0 Å². The number of nitrogens with one attached hydrogen (secondary N) is 2. The molecule has 0 unspecified atom stereocenters. The molecule has 0 aliphatic rings. The van der Waals surface area contributed by atoms with E-state index in [1.165, 1.54) is 11.8 Å². The summed E-state index contributed by atoms with van der Waals surface area (Å²) in [7, 11) is 0. The van der Waals surface area contributed by atoms with Crippen LogP contribution in [0.5, 0.6) is 0 Å². The van der Waals surface area contributed by atoms with Crippen LogP contribution in [0, 0.1) is 17.4 Å². The summed E-state index contributed by atoms with van der Waals surface area (Å²) in [5.74, 6) is -0.248. The summed E-state index contributed by atoms with van der Waals surface area (Å²) in [6, 6.07) is 4.99. The fraction of sp³-hybridized carbons (Fsp3) is 0.308. The first-order valence-corrected chi connectivity index (χ1v) is 7.46. The zero-order valence-corrected chi connectivity index (χ0v) is 13.0. The predicted molar refractivity (Wildman–Crippen MR) is 84.3 cm³/mol. The Morgan fingerprint density at radius 2 is 2.20 bits per heavy atom. The number of amidine groups is 1. The quantitative estimate of drug-likeness (QED) is 0.388. The number of hydrogen-bond donors (Lipinski definition) is 2. The van der Waals surface area contributed by atoms with E-state index in [1.54, 1.807) is 38.3 Å². The standard InChI is InChI=1S/C13H15ClN4OS/c1-8(2)12(19)17-10-5-4-9(14)6-11(10)18-13(20-3)16-7-15/h4-6,8H,1-3H3,(H,16,18)(H,17,19). The van der Waals surface area contributed by atoms with Gasteiger partial charge in [-0.25, -0.2) is 4.99 Å². The van der Waals surface area contributed by atoms with Crippen LogP contribution >= 0.6 is 23.4 Å². The van der Waals surface area contributed by atoms with Crippen molar-refractivity contribution in [3.63, 3.8) is 0 Å². The minimum Gasteiger partial charge on any atom is -0.324 e. The Labute approximate surface area is 127 Å². The summed E-state index contributed by atoms with van der Waals surface area (Å²) in [5.41, 5.74) is 1.05. The largest absolute Gasteiger partial charge is 0.324 e. The fourth-order valence-electron chi connectivity index (χ4n) is 1.26. The molecule has 0 heterocycles. The number of thioether (sulfide) groups is 1. The lowest BCUT2D eigenvalue weighted by molar-refractivity contribution is -0.118. The number of nitrogens with zero attached hydrogens (tertiary/aromatic N) is 2. The summed E-state index contributed by atoms with van der Waals surface area (Å²) in [6.45, 7) is 3.61. The van der Waals surface area contributed by atoms with Gasteiger partial charge >= 0.3 is 0 Å². The van der Waals surface area contributed by atoms with Gasteiger partial charge < -0.3 is 5.32 Å². The molecule has 0 aliphatic heterocycles. The maximum atomic E-state index is 11.8. The molecule has 2 N–H and O–H groups in total. The molecule has 1 aromatic rings. The van der Waals surface area contributed by atoms with Crippen molar-refractivity contribution < 1.29 is 4.79 Å². The van der Waals surface area contributed by atoms with Crippen LogP contribution in [0.3, 0.4) is 0 Å². The molecule has 20 heavy (non-hydrogen) atoms. The highest BCUT2D eigenvalue weighted by molar-refractivity contribution is 8.13. The molecular weight excluding hydrogens is 296 g/mol. The number of carbonyl (C=O) groups excluding carboxylic acids is 1. The van der Waals surface area contributed by atoms with Crippen molar-refractivity contribution in [2.75, 3.05) is 11.6 Å². The molecule has 1 amide bonds. The molecule has 1 aromatic carbocycles. The second-order valence-electron chi connectivity index (χ2n) is 4.16. The summed E-state index contributed by atoms with van der Waals surface area (Å²) in [4.78, 5) is 16.1. The number of halogens is 1. The van der Waals surface area contributed by atoms with E-state index in [9.17, 15) is 4.79 Å². The van der Waals surface area contributed by atoms with E-state index in [0.29, 0.717) is 21.6 Å². The average Bonchev–Trinajstić information content (AvgIpc) is 2.40. The molecule has 0 saturated heterocycles. The highest BCUT2D eigenvalue weighted by Crippen LogP contribution is 2.29. The molecule has 0 atom stereocenters. The average molecular weight is 311 g/mol. The van der Waals surface area contributed by atoms with Gasteiger partial charge in [0, 0.05) is 10.9 Å². The van der Waals surface area contributed by atoms with E-state index in [-0.39, 0.29) is 11.8 Å². The number of carbonyl (C=O) groups is 1. The number of nitriles is 1. The fourth-order valence-corrected chi connectivity index (χ4v) is 1.77. The van der Waals surface area contributed by atoms with Crippen LogP contribution in [-0.2, 0) is 4.79 Å². The second kappa shape index (κ2) is 7.78. The molecular formula is C13H15ClN4OS. The number of anilines is 1. The zero-order valence-electron chi connectivity index (χ0n) is 11.4. The van der Waals surface area contributed by atoms with Crippen LogP contribution in [0.1, 0.15) is 13.8 Å². The van der Waals surface area contributed by atoms with Gasteiger partial charge in [-0.15, -0.1) is 0 Å². The monoisotopic (exact) mass is 310 g/mol. The number of amides is 1. The van der Waals surface area contributed by atoms with Crippen molar-refractivity contribution in [3.05, 3.63) is 23.2 Å². The third kappa shape index (κ3) is 4.76. The van der Waals surface area contributed by atoms with Gasteiger partial charge in [-0.2, -0.15) is 5.26 Å². The van der Waals surface area contributed by atoms with Gasteiger partial charge in [-0.3, -0.25) is 10.1 Å². The van der Waals surface area contributed by atoms with Gasteiger partial charge in [0.05, 0.1) is 11.4 Å². The van der Waals surface area contributed by atoms with Gasteiger partial charge in [-0.1, -0.05) is 37.2 Å². The Hall–Kier alpha value is -1.71.